The van der Waals surface area contributed by atoms with Crippen molar-refractivity contribution in [3.63, 3.8) is 0 Å². The number of nitrogens with two attached hydrogens (primary N) is 1. The van der Waals surface area contributed by atoms with E-state index < -0.39 is 27.7 Å². The van der Waals surface area contributed by atoms with Gasteiger partial charge < -0.3 is 11.1 Å². The lowest BCUT2D eigenvalue weighted by molar-refractivity contribution is -0.111. The maximum Gasteiger partial charge on any atom is 0.251 e. The van der Waals surface area contributed by atoms with Gasteiger partial charge in [0.2, 0.25) is 15.9 Å². The highest BCUT2D eigenvalue weighted by Gasteiger charge is 2.20. The lowest BCUT2D eigenvalue weighted by atomic mass is 10.1. The molecule has 3 N–H and O–H groups in total. The van der Waals surface area contributed by atoms with Crippen molar-refractivity contribution in [3.05, 3.63) is 65.5 Å². The molecule has 0 bridgehead atoms. The summed E-state index contributed by atoms with van der Waals surface area (Å²) >= 11 is 0. The number of nitrogens with one attached hydrogen (secondary N) is 1. The third kappa shape index (κ3) is 5.49. The molecule has 0 aromatic heterocycles. The standard InChI is InChI=1S/C20H22FN3O4S/c1-3-24(4-2)29(27,28)16-9-5-14(6-10-16)7-12-19(25)23-15-8-11-18(21)17(13-15)20(22)26/h5-13H,3-4H2,1-2H3,(H2,22,26)(H,23,25)/b12-7+. The highest BCUT2D eigenvalue weighted by Crippen LogP contribution is 2.17. The van der Waals surface area contributed by atoms with E-state index in [4.69, 9.17) is 5.73 Å². The predicted molar refractivity (Wildman–Crippen MR) is 109 cm³/mol. The highest BCUT2D eigenvalue weighted by atomic mass is 32.2. The van der Waals surface area contributed by atoms with Gasteiger partial charge in [0.15, 0.2) is 0 Å². The summed E-state index contributed by atoms with van der Waals surface area (Å²) in [7, 11) is -3.54. The second kappa shape index (κ2) is 9.44. The van der Waals surface area contributed by atoms with Crippen LogP contribution in [0.1, 0.15) is 29.8 Å². The maximum atomic E-state index is 13.5. The summed E-state index contributed by atoms with van der Waals surface area (Å²) in [6.45, 7) is 4.29. The predicted octanol–water partition coefficient (Wildman–Crippen LogP) is 2.61. The van der Waals surface area contributed by atoms with E-state index in [0.29, 0.717) is 18.7 Å². The summed E-state index contributed by atoms with van der Waals surface area (Å²) in [4.78, 5) is 23.4. The van der Waals surface area contributed by atoms with Crippen molar-refractivity contribution >= 4 is 33.6 Å². The summed E-state index contributed by atoms with van der Waals surface area (Å²) in [5.74, 6) is -2.22. The summed E-state index contributed by atoms with van der Waals surface area (Å²) in [6.07, 6.45) is 2.74. The second-order valence-electron chi connectivity index (χ2n) is 6.04. The first-order valence-electron chi connectivity index (χ1n) is 8.87. The quantitative estimate of drug-likeness (QED) is 0.641. The fourth-order valence-electron chi connectivity index (χ4n) is 2.61. The fourth-order valence-corrected chi connectivity index (χ4v) is 4.07. The monoisotopic (exact) mass is 419 g/mol. The van der Waals surface area contributed by atoms with Crippen molar-refractivity contribution in [2.45, 2.75) is 18.7 Å². The molecule has 0 unspecified atom stereocenters. The molecule has 7 nitrogen and oxygen atoms in total. The van der Waals surface area contributed by atoms with Gasteiger partial charge in [0.1, 0.15) is 5.82 Å². The topological polar surface area (TPSA) is 110 Å². The van der Waals surface area contributed by atoms with Gasteiger partial charge >= 0.3 is 0 Å². The van der Waals surface area contributed by atoms with Gasteiger partial charge in [-0.25, -0.2) is 12.8 Å². The van der Waals surface area contributed by atoms with Gasteiger partial charge in [-0.15, -0.1) is 0 Å². The molecule has 0 atom stereocenters. The number of benzene rings is 2. The zero-order valence-corrected chi connectivity index (χ0v) is 16.9. The minimum absolute atomic E-state index is 0.174. The molecule has 0 aliphatic carbocycles. The Labute approximate surface area is 169 Å². The number of carbonyl (C=O) groups is 2. The summed E-state index contributed by atoms with van der Waals surface area (Å²) < 4.78 is 39.7. The van der Waals surface area contributed by atoms with Crippen LogP contribution in [0.15, 0.2) is 53.4 Å². The number of primary amides is 1. The van der Waals surface area contributed by atoms with Crippen LogP contribution in [-0.4, -0.2) is 37.6 Å². The van der Waals surface area contributed by atoms with Crippen LogP contribution in [0.3, 0.4) is 0 Å². The number of nitrogens with zero attached hydrogens (tertiary/aromatic N) is 1. The number of amides is 2. The zero-order chi connectivity index (χ0) is 21.6. The number of hydrogen-bond donors (Lipinski definition) is 2. The van der Waals surface area contributed by atoms with Crippen LogP contribution in [-0.2, 0) is 14.8 Å². The zero-order valence-electron chi connectivity index (χ0n) is 16.1. The van der Waals surface area contributed by atoms with Crippen LogP contribution in [0.4, 0.5) is 10.1 Å². The van der Waals surface area contributed by atoms with E-state index in [0.717, 1.165) is 12.1 Å². The Hall–Kier alpha value is -3.04. The molecule has 9 heteroatoms. The van der Waals surface area contributed by atoms with Crippen LogP contribution in [0.5, 0.6) is 0 Å². The van der Waals surface area contributed by atoms with Crippen LogP contribution in [0.2, 0.25) is 0 Å². The van der Waals surface area contributed by atoms with Crippen molar-refractivity contribution in [1.29, 1.82) is 0 Å². The SMILES string of the molecule is CCN(CC)S(=O)(=O)c1ccc(/C=C/C(=O)Nc2ccc(F)c(C(N)=O)c2)cc1. The van der Waals surface area contributed by atoms with E-state index in [-0.39, 0.29) is 16.1 Å². The largest absolute Gasteiger partial charge is 0.366 e. The molecule has 0 radical (unpaired) electrons. The summed E-state index contributed by atoms with van der Waals surface area (Å²) in [5, 5.41) is 2.50. The van der Waals surface area contributed by atoms with Crippen molar-refractivity contribution in [1.82, 2.24) is 4.31 Å². The molecular weight excluding hydrogens is 397 g/mol. The molecule has 0 saturated carbocycles. The Morgan fingerprint density at radius 2 is 1.72 bits per heavy atom. The Morgan fingerprint density at radius 3 is 2.28 bits per heavy atom. The number of carbonyl (C=O) groups excluding carboxylic acids is 2. The highest BCUT2D eigenvalue weighted by molar-refractivity contribution is 7.89. The van der Waals surface area contributed by atoms with E-state index >= 15 is 0 Å². The van der Waals surface area contributed by atoms with Crippen molar-refractivity contribution in [2.24, 2.45) is 5.73 Å². The van der Waals surface area contributed by atoms with Crippen molar-refractivity contribution < 1.29 is 22.4 Å². The average Bonchev–Trinajstić information content (AvgIpc) is 2.68. The van der Waals surface area contributed by atoms with Gasteiger partial charge in [-0.1, -0.05) is 26.0 Å². The van der Waals surface area contributed by atoms with Gasteiger partial charge in [-0.2, -0.15) is 4.31 Å². The molecule has 0 spiro atoms. The molecule has 2 amide bonds. The maximum absolute atomic E-state index is 13.5. The van der Waals surface area contributed by atoms with Crippen LogP contribution in [0, 0.1) is 5.82 Å². The van der Waals surface area contributed by atoms with E-state index in [1.54, 1.807) is 26.0 Å². The van der Waals surface area contributed by atoms with E-state index in [2.05, 4.69) is 5.32 Å². The fraction of sp³-hybridized carbons (Fsp3) is 0.200. The number of rotatable bonds is 8. The summed E-state index contributed by atoms with van der Waals surface area (Å²) in [6, 6.07) is 9.62. The van der Waals surface area contributed by atoms with Gasteiger partial charge in [-0.05, 0) is 42.0 Å². The lowest BCUT2D eigenvalue weighted by Gasteiger charge is -2.18. The summed E-state index contributed by atoms with van der Waals surface area (Å²) in [5.41, 5.74) is 5.59. The van der Waals surface area contributed by atoms with E-state index in [9.17, 15) is 22.4 Å². The first-order valence-corrected chi connectivity index (χ1v) is 10.3. The van der Waals surface area contributed by atoms with Gasteiger partial charge in [0.25, 0.3) is 5.91 Å². The molecule has 29 heavy (non-hydrogen) atoms. The average molecular weight is 419 g/mol. The third-order valence-corrected chi connectivity index (χ3v) is 6.21. The van der Waals surface area contributed by atoms with E-state index in [1.165, 1.54) is 34.7 Å². The molecule has 0 saturated heterocycles. The Morgan fingerprint density at radius 1 is 1.10 bits per heavy atom. The first kappa shape index (κ1) is 22.3. The molecule has 2 rings (SSSR count). The van der Waals surface area contributed by atoms with Gasteiger partial charge in [0.05, 0.1) is 10.5 Å². The van der Waals surface area contributed by atoms with Gasteiger partial charge in [-0.3, -0.25) is 9.59 Å². The molecule has 0 aliphatic rings. The molecule has 154 valence electrons. The van der Waals surface area contributed by atoms with E-state index in [1.807, 2.05) is 0 Å². The van der Waals surface area contributed by atoms with Gasteiger partial charge in [0, 0.05) is 24.9 Å². The van der Waals surface area contributed by atoms with Crippen LogP contribution >= 0.6 is 0 Å². The molecule has 2 aromatic carbocycles. The third-order valence-electron chi connectivity index (χ3n) is 4.15. The normalized spacial score (nSPS) is 11.7. The molecule has 0 fully saturated rings. The molecule has 2 aromatic rings. The number of anilines is 1. The van der Waals surface area contributed by atoms with Crippen molar-refractivity contribution in [2.75, 3.05) is 18.4 Å². The van der Waals surface area contributed by atoms with Crippen LogP contribution < -0.4 is 11.1 Å². The Bertz CT molecular complexity index is 1030. The molecule has 0 heterocycles. The number of sulfonamides is 1. The minimum atomic E-state index is -3.54. The van der Waals surface area contributed by atoms with Crippen LogP contribution in [0.25, 0.3) is 6.08 Å². The molecular formula is C20H22FN3O4S. The Kier molecular flexibility index (Phi) is 7.24. The smallest absolute Gasteiger partial charge is 0.251 e. The Balaban J connectivity index is 2.09. The minimum Gasteiger partial charge on any atom is -0.366 e. The first-order chi connectivity index (χ1) is 13.7. The number of halogens is 1. The molecule has 0 aliphatic heterocycles. The second-order valence-corrected chi connectivity index (χ2v) is 7.98. The lowest BCUT2D eigenvalue weighted by Crippen LogP contribution is -2.30. The number of hydrogen-bond acceptors (Lipinski definition) is 4. The van der Waals surface area contributed by atoms with Crippen molar-refractivity contribution in [3.8, 4) is 0 Å².